The van der Waals surface area contributed by atoms with Crippen molar-refractivity contribution in [2.75, 3.05) is 33.2 Å². The maximum atomic E-state index is 6.21. The van der Waals surface area contributed by atoms with Gasteiger partial charge in [0, 0.05) is 17.7 Å². The van der Waals surface area contributed by atoms with Gasteiger partial charge >= 0.3 is 0 Å². The fourth-order valence-corrected chi connectivity index (χ4v) is 3.72. The zero-order chi connectivity index (χ0) is 19.8. The van der Waals surface area contributed by atoms with Crippen molar-refractivity contribution in [2.24, 2.45) is 0 Å². The summed E-state index contributed by atoms with van der Waals surface area (Å²) >= 11 is 12.3. The van der Waals surface area contributed by atoms with Crippen molar-refractivity contribution < 1.29 is 14.2 Å². The van der Waals surface area contributed by atoms with Gasteiger partial charge in [-0.25, -0.2) is 4.68 Å². The Bertz CT molecular complexity index is 1020. The van der Waals surface area contributed by atoms with Gasteiger partial charge in [-0.1, -0.05) is 23.2 Å². The molecule has 0 aliphatic carbocycles. The standard InChI is InChI=1S/C20H19Cl2N3O3/c1-26-16-8-11(9-17(27-2)19(16)28-3)18-13-6-7-23-20(13)25(24-18)12-4-5-14(21)15(22)10-12/h4-5,8-10,23H,6-7H2,1-3H3. The van der Waals surface area contributed by atoms with E-state index in [2.05, 4.69) is 5.32 Å². The molecular formula is C20H19Cl2N3O3. The highest BCUT2D eigenvalue weighted by atomic mass is 35.5. The van der Waals surface area contributed by atoms with Crippen LogP contribution in [0.5, 0.6) is 17.2 Å². The van der Waals surface area contributed by atoms with Gasteiger partial charge in [-0.3, -0.25) is 0 Å². The first-order chi connectivity index (χ1) is 13.6. The van der Waals surface area contributed by atoms with Gasteiger partial charge in [0.05, 0.1) is 42.8 Å². The van der Waals surface area contributed by atoms with Crippen LogP contribution in [0.4, 0.5) is 5.82 Å². The molecule has 2 aromatic carbocycles. The first kappa shape index (κ1) is 18.8. The number of nitrogens with one attached hydrogen (secondary N) is 1. The number of rotatable bonds is 5. The molecule has 1 N–H and O–H groups in total. The first-order valence-corrected chi connectivity index (χ1v) is 9.44. The Kier molecular flexibility index (Phi) is 5.00. The SMILES string of the molecule is COc1cc(-c2nn(-c3ccc(Cl)c(Cl)c3)c3c2CCN3)cc(OC)c1OC. The number of methoxy groups -OCH3 is 3. The molecule has 0 saturated carbocycles. The van der Waals surface area contributed by atoms with Crippen LogP contribution < -0.4 is 19.5 Å². The highest BCUT2D eigenvalue weighted by Crippen LogP contribution is 2.43. The lowest BCUT2D eigenvalue weighted by molar-refractivity contribution is 0.324. The normalized spacial score (nSPS) is 12.5. The van der Waals surface area contributed by atoms with Gasteiger partial charge in [0.25, 0.3) is 0 Å². The molecular weight excluding hydrogens is 401 g/mol. The van der Waals surface area contributed by atoms with E-state index in [1.807, 2.05) is 22.9 Å². The van der Waals surface area contributed by atoms with Crippen molar-refractivity contribution in [3.05, 3.63) is 45.9 Å². The Balaban J connectivity index is 1.89. The Hall–Kier alpha value is -2.57. The number of ether oxygens (including phenoxy) is 3. The topological polar surface area (TPSA) is 57.5 Å². The van der Waals surface area contributed by atoms with Crippen LogP contribution in [-0.4, -0.2) is 37.7 Å². The van der Waals surface area contributed by atoms with Crippen molar-refractivity contribution >= 4 is 29.0 Å². The molecule has 0 unspecified atom stereocenters. The largest absolute Gasteiger partial charge is 0.493 e. The first-order valence-electron chi connectivity index (χ1n) is 8.69. The fourth-order valence-electron chi connectivity index (χ4n) is 3.43. The molecule has 6 nitrogen and oxygen atoms in total. The second-order valence-corrected chi connectivity index (χ2v) is 7.09. The molecule has 1 aliphatic rings. The number of halogens is 2. The van der Waals surface area contributed by atoms with Crippen LogP contribution in [0.15, 0.2) is 30.3 Å². The van der Waals surface area contributed by atoms with Gasteiger partial charge in [0.1, 0.15) is 5.82 Å². The lowest BCUT2D eigenvalue weighted by Gasteiger charge is -2.13. The van der Waals surface area contributed by atoms with Crippen LogP contribution in [-0.2, 0) is 6.42 Å². The van der Waals surface area contributed by atoms with E-state index in [0.29, 0.717) is 27.3 Å². The smallest absolute Gasteiger partial charge is 0.203 e. The van der Waals surface area contributed by atoms with E-state index in [1.54, 1.807) is 33.5 Å². The van der Waals surface area contributed by atoms with E-state index < -0.39 is 0 Å². The zero-order valence-electron chi connectivity index (χ0n) is 15.7. The number of benzene rings is 2. The maximum Gasteiger partial charge on any atom is 0.203 e. The molecule has 0 amide bonds. The molecule has 0 spiro atoms. The third-order valence-corrected chi connectivity index (χ3v) is 5.48. The molecule has 0 saturated heterocycles. The number of nitrogens with zero attached hydrogens (tertiary/aromatic N) is 2. The molecule has 3 aromatic rings. The summed E-state index contributed by atoms with van der Waals surface area (Å²) in [4.78, 5) is 0. The summed E-state index contributed by atoms with van der Waals surface area (Å²) in [5.74, 6) is 2.66. The number of aromatic nitrogens is 2. The van der Waals surface area contributed by atoms with Crippen molar-refractivity contribution in [3.8, 4) is 34.2 Å². The average molecular weight is 420 g/mol. The fraction of sp³-hybridized carbons (Fsp3) is 0.250. The molecule has 8 heteroatoms. The van der Waals surface area contributed by atoms with E-state index in [-0.39, 0.29) is 0 Å². The summed E-state index contributed by atoms with van der Waals surface area (Å²) in [5.41, 5.74) is 3.69. The van der Waals surface area contributed by atoms with Gasteiger partial charge in [0.2, 0.25) is 5.75 Å². The second-order valence-electron chi connectivity index (χ2n) is 6.28. The van der Waals surface area contributed by atoms with Gasteiger partial charge in [-0.15, -0.1) is 0 Å². The third kappa shape index (κ3) is 3.02. The summed E-state index contributed by atoms with van der Waals surface area (Å²) in [6, 6.07) is 9.26. The molecule has 1 aromatic heterocycles. The molecule has 1 aliphatic heterocycles. The maximum absolute atomic E-state index is 6.21. The Morgan fingerprint density at radius 2 is 1.68 bits per heavy atom. The van der Waals surface area contributed by atoms with E-state index in [4.69, 9.17) is 42.5 Å². The minimum absolute atomic E-state index is 0.482. The van der Waals surface area contributed by atoms with Crippen LogP contribution in [0.25, 0.3) is 16.9 Å². The molecule has 2 heterocycles. The minimum Gasteiger partial charge on any atom is -0.493 e. The second kappa shape index (κ2) is 7.45. The Morgan fingerprint density at radius 3 is 2.29 bits per heavy atom. The van der Waals surface area contributed by atoms with Gasteiger partial charge in [0.15, 0.2) is 11.5 Å². The number of hydrogen-bond acceptors (Lipinski definition) is 5. The summed E-state index contributed by atoms with van der Waals surface area (Å²) < 4.78 is 18.3. The van der Waals surface area contributed by atoms with Crippen molar-refractivity contribution in [2.45, 2.75) is 6.42 Å². The van der Waals surface area contributed by atoms with E-state index in [9.17, 15) is 0 Å². The highest BCUT2D eigenvalue weighted by Gasteiger charge is 2.26. The Labute approximate surface area is 172 Å². The average Bonchev–Trinajstić information content (AvgIpc) is 3.31. The van der Waals surface area contributed by atoms with E-state index in [1.165, 1.54) is 0 Å². The molecule has 4 rings (SSSR count). The summed E-state index contributed by atoms with van der Waals surface area (Å²) in [6.45, 7) is 0.839. The summed E-state index contributed by atoms with van der Waals surface area (Å²) in [7, 11) is 4.78. The van der Waals surface area contributed by atoms with E-state index >= 15 is 0 Å². The van der Waals surface area contributed by atoms with Crippen LogP contribution in [0.2, 0.25) is 10.0 Å². The number of anilines is 1. The molecule has 28 heavy (non-hydrogen) atoms. The van der Waals surface area contributed by atoms with Crippen molar-refractivity contribution in [1.29, 1.82) is 0 Å². The quantitative estimate of drug-likeness (QED) is 0.640. The zero-order valence-corrected chi connectivity index (χ0v) is 17.2. The third-order valence-electron chi connectivity index (χ3n) is 4.74. The molecule has 0 atom stereocenters. The Morgan fingerprint density at radius 1 is 0.964 bits per heavy atom. The van der Waals surface area contributed by atoms with Crippen LogP contribution >= 0.6 is 23.2 Å². The number of hydrogen-bond donors (Lipinski definition) is 1. The van der Waals surface area contributed by atoms with Gasteiger partial charge in [-0.05, 0) is 36.8 Å². The van der Waals surface area contributed by atoms with Crippen LogP contribution in [0, 0.1) is 0 Å². The molecule has 0 fully saturated rings. The summed E-state index contributed by atoms with van der Waals surface area (Å²) in [5, 5.41) is 9.25. The lowest BCUT2D eigenvalue weighted by atomic mass is 10.1. The molecule has 0 bridgehead atoms. The lowest BCUT2D eigenvalue weighted by Crippen LogP contribution is -2.04. The van der Waals surface area contributed by atoms with Gasteiger partial charge < -0.3 is 19.5 Å². The molecule has 0 radical (unpaired) electrons. The predicted molar refractivity (Wildman–Crippen MR) is 111 cm³/mol. The van der Waals surface area contributed by atoms with Crippen molar-refractivity contribution in [3.63, 3.8) is 0 Å². The monoisotopic (exact) mass is 419 g/mol. The van der Waals surface area contributed by atoms with Crippen molar-refractivity contribution in [1.82, 2.24) is 9.78 Å². The van der Waals surface area contributed by atoms with Gasteiger partial charge in [-0.2, -0.15) is 5.10 Å². The minimum atomic E-state index is 0.482. The predicted octanol–water partition coefficient (Wildman–Crippen LogP) is 4.84. The van der Waals surface area contributed by atoms with Crippen LogP contribution in [0.3, 0.4) is 0 Å². The number of fused-ring (bicyclic) bond motifs is 1. The molecule has 146 valence electrons. The summed E-state index contributed by atoms with van der Waals surface area (Å²) in [6.07, 6.45) is 0.864. The highest BCUT2D eigenvalue weighted by molar-refractivity contribution is 6.42. The van der Waals surface area contributed by atoms with Crippen LogP contribution in [0.1, 0.15) is 5.56 Å². The van der Waals surface area contributed by atoms with E-state index in [0.717, 1.165) is 41.3 Å².